The van der Waals surface area contributed by atoms with Crippen LogP contribution in [0.15, 0.2) is 24.5 Å². The number of nitrogens with one attached hydrogen (secondary N) is 1. The molecule has 17 heavy (non-hydrogen) atoms. The highest BCUT2D eigenvalue weighted by Crippen LogP contribution is 2.21. The molecule has 1 aliphatic heterocycles. The van der Waals surface area contributed by atoms with Crippen LogP contribution in [0.1, 0.15) is 18.5 Å². The van der Waals surface area contributed by atoms with Gasteiger partial charge in [0.25, 0.3) is 0 Å². The van der Waals surface area contributed by atoms with Gasteiger partial charge in [-0.1, -0.05) is 13.0 Å². The highest BCUT2D eigenvalue weighted by molar-refractivity contribution is 5.16. The van der Waals surface area contributed by atoms with Crippen molar-refractivity contribution in [3.05, 3.63) is 30.1 Å². The summed E-state index contributed by atoms with van der Waals surface area (Å²) in [6.07, 6.45) is 3.93. The Balaban J connectivity index is 2.11. The molecule has 2 rings (SSSR count). The summed E-state index contributed by atoms with van der Waals surface area (Å²) in [6, 6.07) is 4.32. The fourth-order valence-corrected chi connectivity index (χ4v) is 2.26. The highest BCUT2D eigenvalue weighted by atomic mass is 16.5. The van der Waals surface area contributed by atoms with Gasteiger partial charge in [-0.2, -0.15) is 0 Å². The summed E-state index contributed by atoms with van der Waals surface area (Å²) in [5, 5.41) is 3.50. The molecular weight excluding hydrogens is 214 g/mol. The van der Waals surface area contributed by atoms with Crippen LogP contribution < -0.4 is 5.32 Å². The van der Waals surface area contributed by atoms with Crippen molar-refractivity contribution < 1.29 is 4.74 Å². The first-order valence-corrected chi connectivity index (χ1v) is 6.24. The summed E-state index contributed by atoms with van der Waals surface area (Å²) in [4.78, 5) is 6.51. The third-order valence-electron chi connectivity index (χ3n) is 3.14. The standard InChI is InChI=1S/C13H21N3O/c1-3-15-13(11-5-4-6-14-9-11)12-10-16(2)7-8-17-12/h4-6,9,12-13,15H,3,7-8,10H2,1-2H3. The number of morpholine rings is 1. The molecule has 94 valence electrons. The molecule has 0 saturated carbocycles. The van der Waals surface area contributed by atoms with Crippen LogP contribution >= 0.6 is 0 Å². The average molecular weight is 235 g/mol. The normalized spacial score (nSPS) is 23.5. The number of pyridine rings is 1. The van der Waals surface area contributed by atoms with Crippen LogP contribution in [0.2, 0.25) is 0 Å². The summed E-state index contributed by atoms with van der Waals surface area (Å²) in [5.41, 5.74) is 1.20. The van der Waals surface area contributed by atoms with Gasteiger partial charge in [-0.05, 0) is 25.2 Å². The average Bonchev–Trinajstić information content (AvgIpc) is 2.37. The maximum absolute atomic E-state index is 5.89. The Bertz CT molecular complexity index is 331. The van der Waals surface area contributed by atoms with Crippen LogP contribution in [0, 0.1) is 0 Å². The van der Waals surface area contributed by atoms with E-state index in [0.29, 0.717) is 0 Å². The molecule has 1 aliphatic rings. The predicted octanol–water partition coefficient (Wildman–Crippen LogP) is 1.06. The van der Waals surface area contributed by atoms with E-state index in [1.54, 1.807) is 6.20 Å². The van der Waals surface area contributed by atoms with Crippen LogP contribution in [0.3, 0.4) is 0 Å². The molecule has 1 aromatic rings. The maximum atomic E-state index is 5.89. The molecule has 1 saturated heterocycles. The molecule has 1 N–H and O–H groups in total. The number of hydrogen-bond acceptors (Lipinski definition) is 4. The van der Waals surface area contributed by atoms with Crippen LogP contribution in [0.25, 0.3) is 0 Å². The van der Waals surface area contributed by atoms with Gasteiger partial charge >= 0.3 is 0 Å². The quantitative estimate of drug-likeness (QED) is 0.847. The lowest BCUT2D eigenvalue weighted by Crippen LogP contribution is -2.46. The van der Waals surface area contributed by atoms with E-state index in [2.05, 4.69) is 35.2 Å². The summed E-state index contributed by atoms with van der Waals surface area (Å²) in [7, 11) is 2.14. The summed E-state index contributed by atoms with van der Waals surface area (Å²) in [5.74, 6) is 0. The SMILES string of the molecule is CCNC(c1cccnc1)C1CN(C)CCO1. The molecule has 4 nitrogen and oxygen atoms in total. The first-order valence-electron chi connectivity index (χ1n) is 6.24. The van der Waals surface area contributed by atoms with Gasteiger partial charge in [0.05, 0.1) is 18.8 Å². The topological polar surface area (TPSA) is 37.4 Å². The van der Waals surface area contributed by atoms with Gasteiger partial charge in [-0.15, -0.1) is 0 Å². The molecule has 0 aliphatic carbocycles. The minimum atomic E-state index is 0.206. The molecule has 0 spiro atoms. The number of likely N-dealkylation sites (N-methyl/N-ethyl adjacent to an activating group) is 2. The first-order chi connectivity index (χ1) is 8.31. The molecule has 0 bridgehead atoms. The van der Waals surface area contributed by atoms with Crippen LogP contribution in [-0.2, 0) is 4.74 Å². The smallest absolute Gasteiger partial charge is 0.0897 e. The Labute approximate surface area is 103 Å². The van der Waals surface area contributed by atoms with Gasteiger partial charge in [0, 0.05) is 25.5 Å². The molecular formula is C13H21N3O. The van der Waals surface area contributed by atoms with E-state index in [-0.39, 0.29) is 12.1 Å². The Kier molecular flexibility index (Phi) is 4.48. The number of hydrogen-bond donors (Lipinski definition) is 1. The highest BCUT2D eigenvalue weighted by Gasteiger charge is 2.27. The number of rotatable bonds is 4. The second-order valence-corrected chi connectivity index (χ2v) is 4.49. The Morgan fingerprint density at radius 1 is 1.65 bits per heavy atom. The molecule has 2 heterocycles. The van der Waals surface area contributed by atoms with E-state index < -0.39 is 0 Å². The molecule has 2 unspecified atom stereocenters. The lowest BCUT2D eigenvalue weighted by atomic mass is 10.0. The monoisotopic (exact) mass is 235 g/mol. The van der Waals surface area contributed by atoms with Gasteiger partial charge in [0.15, 0.2) is 0 Å². The molecule has 0 aromatic carbocycles. The van der Waals surface area contributed by atoms with Crippen molar-refractivity contribution in [2.75, 3.05) is 33.3 Å². The van der Waals surface area contributed by atoms with Gasteiger partial charge in [0.2, 0.25) is 0 Å². The molecule has 1 fully saturated rings. The van der Waals surface area contributed by atoms with E-state index in [0.717, 1.165) is 26.2 Å². The largest absolute Gasteiger partial charge is 0.374 e. The second kappa shape index (κ2) is 6.10. The molecule has 0 radical (unpaired) electrons. The third-order valence-corrected chi connectivity index (χ3v) is 3.14. The van der Waals surface area contributed by atoms with Crippen molar-refractivity contribution in [2.45, 2.75) is 19.1 Å². The predicted molar refractivity (Wildman–Crippen MR) is 67.9 cm³/mol. The van der Waals surface area contributed by atoms with E-state index in [9.17, 15) is 0 Å². The number of aromatic nitrogens is 1. The molecule has 1 aromatic heterocycles. The summed E-state index contributed by atoms with van der Waals surface area (Å²) >= 11 is 0. The van der Waals surface area contributed by atoms with Crippen LogP contribution in [-0.4, -0.2) is 49.3 Å². The first kappa shape index (κ1) is 12.5. The van der Waals surface area contributed by atoms with Gasteiger partial charge in [0.1, 0.15) is 0 Å². The zero-order chi connectivity index (χ0) is 12.1. The maximum Gasteiger partial charge on any atom is 0.0897 e. The van der Waals surface area contributed by atoms with Crippen molar-refractivity contribution in [1.82, 2.24) is 15.2 Å². The van der Waals surface area contributed by atoms with Gasteiger partial charge < -0.3 is 15.0 Å². The van der Waals surface area contributed by atoms with Crippen LogP contribution in [0.4, 0.5) is 0 Å². The fourth-order valence-electron chi connectivity index (χ4n) is 2.26. The minimum absolute atomic E-state index is 0.206. The zero-order valence-corrected chi connectivity index (χ0v) is 10.6. The van der Waals surface area contributed by atoms with Gasteiger partial charge in [-0.3, -0.25) is 4.98 Å². The van der Waals surface area contributed by atoms with Crippen molar-refractivity contribution in [2.24, 2.45) is 0 Å². The van der Waals surface area contributed by atoms with E-state index >= 15 is 0 Å². The summed E-state index contributed by atoms with van der Waals surface area (Å²) < 4.78 is 5.89. The van der Waals surface area contributed by atoms with Crippen molar-refractivity contribution >= 4 is 0 Å². The zero-order valence-electron chi connectivity index (χ0n) is 10.6. The molecule has 0 amide bonds. The lowest BCUT2D eigenvalue weighted by Gasteiger charge is -2.35. The van der Waals surface area contributed by atoms with Crippen molar-refractivity contribution in [3.8, 4) is 0 Å². The fraction of sp³-hybridized carbons (Fsp3) is 0.615. The van der Waals surface area contributed by atoms with E-state index in [1.165, 1.54) is 5.56 Å². The second-order valence-electron chi connectivity index (χ2n) is 4.49. The lowest BCUT2D eigenvalue weighted by molar-refractivity contribution is -0.0390. The van der Waals surface area contributed by atoms with Gasteiger partial charge in [-0.25, -0.2) is 0 Å². The van der Waals surface area contributed by atoms with Crippen molar-refractivity contribution in [1.29, 1.82) is 0 Å². The summed E-state index contributed by atoms with van der Waals surface area (Å²) in [6.45, 7) is 5.84. The number of ether oxygens (including phenoxy) is 1. The van der Waals surface area contributed by atoms with Crippen molar-refractivity contribution in [3.63, 3.8) is 0 Å². The molecule has 4 heteroatoms. The molecule has 2 atom stereocenters. The Hall–Kier alpha value is -0.970. The van der Waals surface area contributed by atoms with E-state index in [4.69, 9.17) is 4.74 Å². The minimum Gasteiger partial charge on any atom is -0.374 e. The Morgan fingerprint density at radius 2 is 2.53 bits per heavy atom. The number of nitrogens with zero attached hydrogens (tertiary/aromatic N) is 2. The van der Waals surface area contributed by atoms with E-state index in [1.807, 2.05) is 12.3 Å². The van der Waals surface area contributed by atoms with Crippen LogP contribution in [0.5, 0.6) is 0 Å². The Morgan fingerprint density at radius 3 is 3.18 bits per heavy atom. The third kappa shape index (κ3) is 3.25.